The third-order valence-corrected chi connectivity index (χ3v) is 7.05. The molecule has 0 fully saturated rings. The third-order valence-electron chi connectivity index (χ3n) is 5.96. The van der Waals surface area contributed by atoms with Crippen LogP contribution >= 0.6 is 22.9 Å². The van der Waals surface area contributed by atoms with E-state index in [1.54, 1.807) is 31.5 Å². The molecule has 1 aromatic carbocycles. The van der Waals surface area contributed by atoms with Crippen molar-refractivity contribution < 1.29 is 9.53 Å². The van der Waals surface area contributed by atoms with Crippen molar-refractivity contribution in [3.8, 4) is 28.1 Å². The Hall–Kier alpha value is -4.48. The molecule has 188 valence electrons. The van der Waals surface area contributed by atoms with Crippen LogP contribution in [0.4, 0.5) is 5.13 Å². The number of fused-ring (bicyclic) bond motifs is 2. The summed E-state index contributed by atoms with van der Waals surface area (Å²) in [5.41, 5.74) is 5.11. The van der Waals surface area contributed by atoms with Crippen LogP contribution in [0, 0.1) is 13.8 Å². The van der Waals surface area contributed by atoms with E-state index in [0.29, 0.717) is 48.8 Å². The van der Waals surface area contributed by atoms with E-state index in [0.717, 1.165) is 22.7 Å². The van der Waals surface area contributed by atoms with E-state index in [1.165, 1.54) is 17.5 Å². The Kier molecular flexibility index (Phi) is 5.93. The molecule has 12 heteroatoms. The van der Waals surface area contributed by atoms with E-state index in [-0.39, 0.29) is 5.91 Å². The first-order valence-electron chi connectivity index (χ1n) is 11.5. The van der Waals surface area contributed by atoms with Crippen LogP contribution in [-0.4, -0.2) is 47.6 Å². The van der Waals surface area contributed by atoms with Gasteiger partial charge in [0.15, 0.2) is 21.3 Å². The van der Waals surface area contributed by atoms with Gasteiger partial charge in [0.2, 0.25) is 0 Å². The maximum Gasteiger partial charge on any atom is 0.259 e. The molecule has 0 unspecified atom stereocenters. The molecular formula is C26H19ClN8O2S. The van der Waals surface area contributed by atoms with Gasteiger partial charge in [-0.1, -0.05) is 22.9 Å². The van der Waals surface area contributed by atoms with Crippen molar-refractivity contribution in [2.75, 3.05) is 12.4 Å². The van der Waals surface area contributed by atoms with Crippen molar-refractivity contribution in [3.63, 3.8) is 0 Å². The Morgan fingerprint density at radius 1 is 1.03 bits per heavy atom. The fourth-order valence-corrected chi connectivity index (χ4v) is 5.07. The van der Waals surface area contributed by atoms with Gasteiger partial charge in [0.05, 0.1) is 24.6 Å². The fourth-order valence-electron chi connectivity index (χ4n) is 4.10. The molecule has 0 saturated carbocycles. The molecule has 10 nitrogen and oxygen atoms in total. The lowest BCUT2D eigenvalue weighted by atomic mass is 9.99. The molecule has 0 bridgehead atoms. The zero-order valence-electron chi connectivity index (χ0n) is 20.4. The van der Waals surface area contributed by atoms with Gasteiger partial charge < -0.3 is 4.74 Å². The van der Waals surface area contributed by atoms with E-state index in [1.807, 2.05) is 42.6 Å². The van der Waals surface area contributed by atoms with E-state index in [2.05, 4.69) is 30.5 Å². The van der Waals surface area contributed by atoms with E-state index >= 15 is 0 Å². The molecule has 6 rings (SSSR count). The lowest BCUT2D eigenvalue weighted by Gasteiger charge is -2.13. The maximum atomic E-state index is 13.4. The number of methoxy groups -OCH3 is 1. The Morgan fingerprint density at radius 2 is 1.89 bits per heavy atom. The molecule has 38 heavy (non-hydrogen) atoms. The van der Waals surface area contributed by atoms with Crippen molar-refractivity contribution >= 4 is 50.1 Å². The first-order chi connectivity index (χ1) is 18.4. The number of halogens is 1. The van der Waals surface area contributed by atoms with Crippen molar-refractivity contribution in [2.24, 2.45) is 0 Å². The smallest absolute Gasteiger partial charge is 0.259 e. The molecule has 0 atom stereocenters. The maximum absolute atomic E-state index is 13.4. The summed E-state index contributed by atoms with van der Waals surface area (Å²) in [6.07, 6.45) is 5.08. The van der Waals surface area contributed by atoms with Gasteiger partial charge in [-0.2, -0.15) is 4.98 Å². The van der Waals surface area contributed by atoms with Crippen LogP contribution in [0.1, 0.15) is 21.9 Å². The predicted molar refractivity (Wildman–Crippen MR) is 146 cm³/mol. The molecule has 0 aliphatic heterocycles. The van der Waals surface area contributed by atoms with Gasteiger partial charge in [0.1, 0.15) is 11.6 Å². The summed E-state index contributed by atoms with van der Waals surface area (Å²) < 4.78 is 7.41. The Bertz CT molecular complexity index is 1870. The summed E-state index contributed by atoms with van der Waals surface area (Å²) in [6, 6.07) is 10.9. The van der Waals surface area contributed by atoms with Crippen molar-refractivity contribution in [1.82, 2.24) is 34.5 Å². The Balaban J connectivity index is 1.32. The highest BCUT2D eigenvalue weighted by atomic mass is 35.5. The van der Waals surface area contributed by atoms with Crippen LogP contribution in [0.2, 0.25) is 5.02 Å². The number of hydrogen-bond donors (Lipinski definition) is 1. The van der Waals surface area contributed by atoms with E-state index < -0.39 is 0 Å². The van der Waals surface area contributed by atoms with Gasteiger partial charge in [-0.3, -0.25) is 19.5 Å². The fraction of sp³-hybridized carbons (Fsp3) is 0.115. The minimum atomic E-state index is -0.374. The first kappa shape index (κ1) is 23.9. The van der Waals surface area contributed by atoms with Gasteiger partial charge in [0, 0.05) is 39.8 Å². The standard InChI is InChI=1S/C26H19ClN8O2S/c1-13-8-17(18-10-16(27)4-5-21(18)37-3)19(11-28-13)24(36)32-26-31-23-25(38-26)30-20(12-29-23)15-6-7-35-14(2)33-34-22(35)9-15/h4-12H,1-3H3,(H,29,31,32,36). The molecule has 0 aliphatic rings. The van der Waals surface area contributed by atoms with Gasteiger partial charge in [0.25, 0.3) is 5.91 Å². The molecule has 5 aromatic heterocycles. The lowest BCUT2D eigenvalue weighted by molar-refractivity contribution is 0.102. The SMILES string of the molecule is COc1ccc(Cl)cc1-c1cc(C)ncc1C(=O)Nc1nc2ncc(-c3ccn4c(C)nnc4c3)nc2s1. The molecule has 6 aromatic rings. The van der Waals surface area contributed by atoms with Crippen LogP contribution in [0.15, 0.2) is 55.0 Å². The highest BCUT2D eigenvalue weighted by Crippen LogP contribution is 2.35. The average Bonchev–Trinajstić information content (AvgIpc) is 3.50. The quantitative estimate of drug-likeness (QED) is 0.308. The Morgan fingerprint density at radius 3 is 2.74 bits per heavy atom. The molecule has 1 amide bonds. The molecule has 0 aliphatic carbocycles. The largest absolute Gasteiger partial charge is 0.496 e. The van der Waals surface area contributed by atoms with Crippen LogP contribution in [-0.2, 0) is 0 Å². The average molecular weight is 543 g/mol. The second-order valence-electron chi connectivity index (χ2n) is 8.46. The summed E-state index contributed by atoms with van der Waals surface area (Å²) in [5.74, 6) is 1.02. The monoisotopic (exact) mass is 542 g/mol. The zero-order chi connectivity index (χ0) is 26.4. The summed E-state index contributed by atoms with van der Waals surface area (Å²) >= 11 is 7.49. The van der Waals surface area contributed by atoms with Gasteiger partial charge >= 0.3 is 0 Å². The summed E-state index contributed by atoms with van der Waals surface area (Å²) in [4.78, 5) is 31.9. The highest BCUT2D eigenvalue weighted by molar-refractivity contribution is 7.21. The zero-order valence-corrected chi connectivity index (χ0v) is 22.0. The van der Waals surface area contributed by atoms with Crippen LogP contribution in [0.5, 0.6) is 5.75 Å². The summed E-state index contributed by atoms with van der Waals surface area (Å²) in [5, 5.41) is 12.0. The van der Waals surface area contributed by atoms with Crippen LogP contribution in [0.25, 0.3) is 38.5 Å². The van der Waals surface area contributed by atoms with Gasteiger partial charge in [-0.25, -0.2) is 9.97 Å². The number of hydrogen-bond acceptors (Lipinski definition) is 9. The number of nitrogens with one attached hydrogen (secondary N) is 1. The second kappa shape index (κ2) is 9.43. The number of carbonyl (C=O) groups is 1. The predicted octanol–water partition coefficient (Wildman–Crippen LogP) is 5.39. The van der Waals surface area contributed by atoms with E-state index in [9.17, 15) is 4.79 Å². The van der Waals surface area contributed by atoms with Crippen molar-refractivity contribution in [3.05, 3.63) is 77.1 Å². The molecule has 0 spiro atoms. The van der Waals surface area contributed by atoms with Crippen molar-refractivity contribution in [1.29, 1.82) is 0 Å². The topological polar surface area (TPSA) is 120 Å². The normalized spacial score (nSPS) is 11.3. The number of aryl methyl sites for hydroxylation is 2. The Labute approximate surface area is 225 Å². The summed E-state index contributed by atoms with van der Waals surface area (Å²) in [7, 11) is 1.57. The van der Waals surface area contributed by atoms with Gasteiger partial charge in [-0.05, 0) is 50.2 Å². The number of carbonyl (C=O) groups excluding carboxylic acids is 1. The minimum Gasteiger partial charge on any atom is -0.496 e. The number of ether oxygens (including phenoxy) is 1. The molecule has 0 saturated heterocycles. The number of anilines is 1. The summed E-state index contributed by atoms with van der Waals surface area (Å²) in [6.45, 7) is 3.74. The van der Waals surface area contributed by atoms with Crippen LogP contribution in [0.3, 0.4) is 0 Å². The highest BCUT2D eigenvalue weighted by Gasteiger charge is 2.19. The van der Waals surface area contributed by atoms with Crippen LogP contribution < -0.4 is 10.1 Å². The second-order valence-corrected chi connectivity index (χ2v) is 9.88. The molecule has 1 N–H and O–H groups in total. The lowest BCUT2D eigenvalue weighted by Crippen LogP contribution is -2.14. The number of rotatable bonds is 5. The van der Waals surface area contributed by atoms with Crippen molar-refractivity contribution in [2.45, 2.75) is 13.8 Å². The molecule has 5 heterocycles. The van der Waals surface area contributed by atoms with Gasteiger partial charge in [-0.15, -0.1) is 10.2 Å². The van der Waals surface area contributed by atoms with E-state index in [4.69, 9.17) is 21.3 Å². The molecule has 0 radical (unpaired) electrons. The number of thiazole rings is 1. The third kappa shape index (κ3) is 4.31. The molecular weight excluding hydrogens is 524 g/mol. The minimum absolute atomic E-state index is 0.355. The number of pyridine rings is 2. The number of aromatic nitrogens is 7. The number of nitrogens with zero attached hydrogens (tertiary/aromatic N) is 7. The number of benzene rings is 1. The number of amides is 1. The first-order valence-corrected chi connectivity index (χ1v) is 12.7.